The molecule has 3 saturated carbocycles. The van der Waals surface area contributed by atoms with Crippen molar-refractivity contribution in [3.8, 4) is 11.5 Å². The van der Waals surface area contributed by atoms with Gasteiger partial charge >= 0.3 is 0 Å². The SMILES string of the molecule is COc1ccc2c(c1)O[C@]1(C[C@@H]3CC[C@@H]1C[C@@H]3C(=O)N1CCNC(=O)C1)NC2=O. The zero-order valence-electron chi connectivity index (χ0n) is 16.4. The minimum atomic E-state index is -0.768. The van der Waals surface area contributed by atoms with Crippen LogP contribution in [-0.4, -0.2) is 55.1 Å². The minimum Gasteiger partial charge on any atom is -0.497 e. The van der Waals surface area contributed by atoms with E-state index in [0.717, 1.165) is 12.8 Å². The van der Waals surface area contributed by atoms with Crippen molar-refractivity contribution in [1.29, 1.82) is 0 Å². The molecule has 29 heavy (non-hydrogen) atoms. The van der Waals surface area contributed by atoms with Crippen LogP contribution < -0.4 is 20.1 Å². The third-order valence-corrected chi connectivity index (χ3v) is 6.94. The Kier molecular flexibility index (Phi) is 4.18. The fourth-order valence-electron chi connectivity index (χ4n) is 5.48. The quantitative estimate of drug-likeness (QED) is 0.771. The molecule has 1 aromatic rings. The zero-order chi connectivity index (χ0) is 20.2. The van der Waals surface area contributed by atoms with Crippen molar-refractivity contribution >= 4 is 17.7 Å². The standard InChI is InChI=1S/C21H25N3O5/c1-28-14-4-5-15-17(9-14)29-21(23-19(15)26)10-12-2-3-13(21)8-16(12)20(27)24-7-6-22-18(25)11-24/h4-5,9,12-13,16H,2-3,6-8,10-11H2,1H3,(H,22,25)(H,23,26)/t12-,13+,16-,21-/m0/s1. The molecule has 2 aliphatic heterocycles. The minimum absolute atomic E-state index is 0.0587. The third kappa shape index (κ3) is 2.92. The molecule has 2 N–H and O–H groups in total. The fraction of sp³-hybridized carbons (Fsp3) is 0.571. The van der Waals surface area contributed by atoms with Gasteiger partial charge < -0.3 is 25.0 Å². The predicted molar refractivity (Wildman–Crippen MR) is 102 cm³/mol. The first-order valence-electron chi connectivity index (χ1n) is 10.2. The number of rotatable bonds is 2. The molecule has 6 rings (SSSR count). The van der Waals surface area contributed by atoms with E-state index in [4.69, 9.17) is 9.47 Å². The Morgan fingerprint density at radius 3 is 2.90 bits per heavy atom. The van der Waals surface area contributed by atoms with Crippen molar-refractivity contribution in [2.75, 3.05) is 26.7 Å². The molecule has 0 radical (unpaired) electrons. The Hall–Kier alpha value is -2.77. The highest BCUT2D eigenvalue weighted by molar-refractivity contribution is 5.98. The van der Waals surface area contributed by atoms with Gasteiger partial charge in [-0.15, -0.1) is 0 Å². The maximum absolute atomic E-state index is 13.1. The number of hydrogen-bond donors (Lipinski definition) is 2. The number of methoxy groups -OCH3 is 1. The summed E-state index contributed by atoms with van der Waals surface area (Å²) in [5, 5.41) is 5.88. The first-order valence-corrected chi connectivity index (χ1v) is 10.2. The van der Waals surface area contributed by atoms with Gasteiger partial charge in [0.25, 0.3) is 5.91 Å². The summed E-state index contributed by atoms with van der Waals surface area (Å²) in [5.41, 5.74) is -0.264. The summed E-state index contributed by atoms with van der Waals surface area (Å²) >= 11 is 0. The molecule has 154 valence electrons. The lowest BCUT2D eigenvalue weighted by Crippen LogP contribution is -2.67. The summed E-state index contributed by atoms with van der Waals surface area (Å²) in [6.07, 6.45) is 3.12. The monoisotopic (exact) mass is 399 g/mol. The van der Waals surface area contributed by atoms with Crippen LogP contribution in [0.15, 0.2) is 18.2 Å². The largest absolute Gasteiger partial charge is 0.497 e. The van der Waals surface area contributed by atoms with Gasteiger partial charge in [-0.3, -0.25) is 14.4 Å². The van der Waals surface area contributed by atoms with Gasteiger partial charge in [-0.2, -0.15) is 0 Å². The molecule has 0 aromatic heterocycles. The molecule has 1 spiro atoms. The molecule has 0 unspecified atom stereocenters. The first kappa shape index (κ1) is 18.3. The smallest absolute Gasteiger partial charge is 0.258 e. The second kappa shape index (κ2) is 6.64. The van der Waals surface area contributed by atoms with E-state index in [0.29, 0.717) is 43.0 Å². The molecule has 1 saturated heterocycles. The Labute approximate surface area is 168 Å². The van der Waals surface area contributed by atoms with Crippen molar-refractivity contribution in [2.45, 2.75) is 31.4 Å². The number of nitrogens with one attached hydrogen (secondary N) is 2. The normalized spacial score (nSPS) is 32.9. The zero-order valence-corrected chi connectivity index (χ0v) is 16.4. The highest BCUT2D eigenvalue weighted by Gasteiger charge is 2.57. The Bertz CT molecular complexity index is 887. The van der Waals surface area contributed by atoms with E-state index in [-0.39, 0.29) is 42.0 Å². The van der Waals surface area contributed by atoms with Crippen LogP contribution in [0.1, 0.15) is 36.0 Å². The van der Waals surface area contributed by atoms with Gasteiger partial charge in [0.2, 0.25) is 11.8 Å². The van der Waals surface area contributed by atoms with Crippen LogP contribution >= 0.6 is 0 Å². The van der Waals surface area contributed by atoms with Gasteiger partial charge in [0.15, 0.2) is 5.72 Å². The average molecular weight is 399 g/mol. The molecule has 8 nitrogen and oxygen atoms in total. The summed E-state index contributed by atoms with van der Waals surface area (Å²) in [6.45, 7) is 1.20. The number of nitrogens with zero attached hydrogens (tertiary/aromatic N) is 1. The third-order valence-electron chi connectivity index (χ3n) is 6.94. The summed E-state index contributed by atoms with van der Waals surface area (Å²) < 4.78 is 11.7. The fourth-order valence-corrected chi connectivity index (χ4v) is 5.48. The summed E-state index contributed by atoms with van der Waals surface area (Å²) in [7, 11) is 1.58. The topological polar surface area (TPSA) is 97.0 Å². The van der Waals surface area contributed by atoms with Gasteiger partial charge in [0.1, 0.15) is 11.5 Å². The van der Waals surface area contributed by atoms with Crippen molar-refractivity contribution < 1.29 is 23.9 Å². The number of hydrogen-bond acceptors (Lipinski definition) is 5. The highest BCUT2D eigenvalue weighted by Crippen LogP contribution is 2.53. The molecule has 2 heterocycles. The van der Waals surface area contributed by atoms with Gasteiger partial charge in [0.05, 0.1) is 19.2 Å². The number of fused-ring (bicyclic) bond motifs is 3. The van der Waals surface area contributed by atoms with Crippen molar-refractivity contribution in [2.24, 2.45) is 17.8 Å². The molecule has 4 atom stereocenters. The van der Waals surface area contributed by atoms with Gasteiger partial charge in [-0.05, 0) is 37.3 Å². The summed E-state index contributed by atoms with van der Waals surface area (Å²) in [6, 6.07) is 5.22. The Balaban J connectivity index is 1.38. The van der Waals surface area contributed by atoms with E-state index in [1.165, 1.54) is 0 Å². The van der Waals surface area contributed by atoms with E-state index in [1.807, 2.05) is 0 Å². The lowest BCUT2D eigenvalue weighted by molar-refractivity contribution is -0.158. The second-order valence-corrected chi connectivity index (χ2v) is 8.50. The number of carbonyl (C=O) groups excluding carboxylic acids is 3. The van der Waals surface area contributed by atoms with Gasteiger partial charge in [-0.1, -0.05) is 0 Å². The first-order chi connectivity index (χ1) is 14.0. The van der Waals surface area contributed by atoms with Crippen LogP contribution in [0.4, 0.5) is 0 Å². The van der Waals surface area contributed by atoms with Crippen LogP contribution in [0.25, 0.3) is 0 Å². The molecule has 3 amide bonds. The van der Waals surface area contributed by atoms with E-state index in [2.05, 4.69) is 10.6 Å². The predicted octanol–water partition coefficient (Wildman–Crippen LogP) is 0.908. The number of ether oxygens (including phenoxy) is 2. The van der Waals surface area contributed by atoms with Crippen LogP contribution in [0, 0.1) is 17.8 Å². The Morgan fingerprint density at radius 2 is 2.17 bits per heavy atom. The van der Waals surface area contributed by atoms with Crippen molar-refractivity contribution in [1.82, 2.24) is 15.5 Å². The van der Waals surface area contributed by atoms with E-state index in [9.17, 15) is 14.4 Å². The van der Waals surface area contributed by atoms with Crippen LogP contribution in [0.5, 0.6) is 11.5 Å². The number of carbonyl (C=O) groups is 3. The van der Waals surface area contributed by atoms with Gasteiger partial charge in [-0.25, -0.2) is 0 Å². The number of amides is 3. The van der Waals surface area contributed by atoms with Crippen LogP contribution in [-0.2, 0) is 9.59 Å². The maximum atomic E-state index is 13.1. The van der Waals surface area contributed by atoms with Crippen LogP contribution in [0.3, 0.4) is 0 Å². The highest BCUT2D eigenvalue weighted by atomic mass is 16.5. The van der Waals surface area contributed by atoms with Crippen LogP contribution in [0.2, 0.25) is 0 Å². The van der Waals surface area contributed by atoms with Crippen molar-refractivity contribution in [3.05, 3.63) is 23.8 Å². The molecule has 8 heteroatoms. The molecule has 1 aromatic carbocycles. The summed E-state index contributed by atoms with van der Waals surface area (Å²) in [4.78, 5) is 39.3. The maximum Gasteiger partial charge on any atom is 0.258 e. The average Bonchev–Trinajstić information content (AvgIpc) is 2.73. The molecular formula is C21H25N3O5. The lowest BCUT2D eigenvalue weighted by Gasteiger charge is -2.55. The molecule has 5 aliphatic rings. The molecule has 4 fully saturated rings. The second-order valence-electron chi connectivity index (χ2n) is 8.50. The summed E-state index contributed by atoms with van der Waals surface area (Å²) in [5.74, 6) is 1.08. The number of piperazine rings is 1. The van der Waals surface area contributed by atoms with Gasteiger partial charge in [0, 0.05) is 37.4 Å². The Morgan fingerprint density at radius 1 is 1.31 bits per heavy atom. The molecular weight excluding hydrogens is 374 g/mol. The molecule has 3 aliphatic carbocycles. The number of benzene rings is 1. The van der Waals surface area contributed by atoms with E-state index < -0.39 is 5.72 Å². The van der Waals surface area contributed by atoms with E-state index in [1.54, 1.807) is 30.2 Å². The lowest BCUT2D eigenvalue weighted by atomic mass is 9.59. The van der Waals surface area contributed by atoms with E-state index >= 15 is 0 Å². The van der Waals surface area contributed by atoms with Crippen molar-refractivity contribution in [3.63, 3.8) is 0 Å². The molecule has 2 bridgehead atoms.